The van der Waals surface area contributed by atoms with Gasteiger partial charge < -0.3 is 4.74 Å². The van der Waals surface area contributed by atoms with Crippen LogP contribution in [-0.2, 0) is 4.74 Å². The lowest BCUT2D eigenvalue weighted by atomic mass is 10.2. The third kappa shape index (κ3) is 2.80. The van der Waals surface area contributed by atoms with Gasteiger partial charge in [0.1, 0.15) is 5.03 Å². The second-order valence-electron chi connectivity index (χ2n) is 4.73. The van der Waals surface area contributed by atoms with Crippen molar-refractivity contribution in [2.24, 2.45) is 0 Å². The Morgan fingerprint density at radius 1 is 1.00 bits per heavy atom. The Bertz CT molecular complexity index is 849. The van der Waals surface area contributed by atoms with Crippen LogP contribution in [0.4, 0.5) is 0 Å². The van der Waals surface area contributed by atoms with E-state index in [1.807, 2.05) is 55.5 Å². The highest BCUT2D eigenvalue weighted by Crippen LogP contribution is 2.31. The number of para-hydroxylation sites is 2. The maximum absolute atomic E-state index is 12.0. The summed E-state index contributed by atoms with van der Waals surface area (Å²) in [6.07, 6.45) is 0. The van der Waals surface area contributed by atoms with Gasteiger partial charge in [-0.3, -0.25) is 0 Å². The van der Waals surface area contributed by atoms with E-state index in [-0.39, 0.29) is 5.69 Å². The maximum atomic E-state index is 12.0. The largest absolute Gasteiger partial charge is 0.464 e. The van der Waals surface area contributed by atoms with Crippen molar-refractivity contribution in [3.8, 4) is 0 Å². The summed E-state index contributed by atoms with van der Waals surface area (Å²) in [6.45, 7) is 2.02. The zero-order valence-corrected chi connectivity index (χ0v) is 13.1. The van der Waals surface area contributed by atoms with Crippen molar-refractivity contribution in [3.05, 3.63) is 59.8 Å². The highest BCUT2D eigenvalue weighted by Gasteiger charge is 2.18. The predicted molar refractivity (Wildman–Crippen MR) is 86.2 cm³/mol. The van der Waals surface area contributed by atoms with E-state index in [0.29, 0.717) is 10.5 Å². The third-order valence-corrected chi connectivity index (χ3v) is 4.37. The minimum absolute atomic E-state index is 0.245. The minimum Gasteiger partial charge on any atom is -0.464 e. The van der Waals surface area contributed by atoms with Crippen LogP contribution in [0.1, 0.15) is 16.1 Å². The van der Waals surface area contributed by atoms with Gasteiger partial charge in [0.25, 0.3) is 0 Å². The summed E-state index contributed by atoms with van der Waals surface area (Å²) in [5.41, 5.74) is 2.80. The van der Waals surface area contributed by atoms with Crippen LogP contribution in [0.3, 0.4) is 0 Å². The van der Waals surface area contributed by atoms with E-state index in [1.54, 1.807) is 0 Å². The van der Waals surface area contributed by atoms with E-state index in [0.717, 1.165) is 16.0 Å². The van der Waals surface area contributed by atoms with Crippen molar-refractivity contribution in [3.63, 3.8) is 0 Å². The quantitative estimate of drug-likeness (QED) is 0.687. The Balaban J connectivity index is 2.14. The van der Waals surface area contributed by atoms with Gasteiger partial charge in [-0.25, -0.2) is 14.8 Å². The Labute approximate surface area is 132 Å². The highest BCUT2D eigenvalue weighted by molar-refractivity contribution is 7.99. The number of hydrogen-bond acceptors (Lipinski definition) is 5. The number of carbonyl (C=O) groups excluding carboxylic acids is 1. The van der Waals surface area contributed by atoms with Gasteiger partial charge >= 0.3 is 5.97 Å². The molecule has 110 valence electrons. The maximum Gasteiger partial charge on any atom is 0.359 e. The first-order chi connectivity index (χ1) is 10.7. The molecule has 0 aliphatic heterocycles. The average molecular weight is 310 g/mol. The number of esters is 1. The standard InChI is InChI=1S/C17H14N2O2S/c1-11-7-3-6-10-14(11)22-16-15(17(20)21-2)18-12-8-4-5-9-13(12)19-16/h3-10H,1-2H3. The molecule has 3 rings (SSSR count). The first-order valence-electron chi connectivity index (χ1n) is 6.77. The molecule has 0 fully saturated rings. The summed E-state index contributed by atoms with van der Waals surface area (Å²) in [7, 11) is 1.35. The first kappa shape index (κ1) is 14.5. The molecule has 1 aromatic heterocycles. The van der Waals surface area contributed by atoms with Gasteiger partial charge in [-0.05, 0) is 30.7 Å². The number of methoxy groups -OCH3 is 1. The van der Waals surface area contributed by atoms with Gasteiger partial charge in [0, 0.05) is 4.90 Å². The van der Waals surface area contributed by atoms with Gasteiger partial charge in [0.15, 0.2) is 5.69 Å². The number of nitrogens with zero attached hydrogens (tertiary/aromatic N) is 2. The molecule has 0 unspecified atom stereocenters. The van der Waals surface area contributed by atoms with Crippen molar-refractivity contribution in [1.29, 1.82) is 0 Å². The molecule has 0 bridgehead atoms. The second-order valence-corrected chi connectivity index (χ2v) is 5.76. The molecular formula is C17H14N2O2S. The predicted octanol–water partition coefficient (Wildman–Crippen LogP) is 3.88. The second kappa shape index (κ2) is 6.15. The molecule has 5 heteroatoms. The third-order valence-electron chi connectivity index (χ3n) is 3.22. The lowest BCUT2D eigenvalue weighted by molar-refractivity contribution is 0.0589. The van der Waals surface area contributed by atoms with E-state index in [9.17, 15) is 4.79 Å². The molecule has 2 aromatic carbocycles. The van der Waals surface area contributed by atoms with Gasteiger partial charge in [-0.2, -0.15) is 0 Å². The van der Waals surface area contributed by atoms with Crippen molar-refractivity contribution < 1.29 is 9.53 Å². The molecule has 0 radical (unpaired) electrons. The zero-order chi connectivity index (χ0) is 15.5. The lowest BCUT2D eigenvalue weighted by Crippen LogP contribution is -2.08. The van der Waals surface area contributed by atoms with Gasteiger partial charge in [-0.15, -0.1) is 0 Å². The summed E-state index contributed by atoms with van der Waals surface area (Å²) < 4.78 is 4.84. The Morgan fingerprint density at radius 2 is 1.64 bits per heavy atom. The molecule has 0 aliphatic carbocycles. The van der Waals surface area contributed by atoms with Crippen molar-refractivity contribution in [1.82, 2.24) is 9.97 Å². The van der Waals surface area contributed by atoms with Crippen LogP contribution in [0.5, 0.6) is 0 Å². The van der Waals surface area contributed by atoms with Crippen LogP contribution in [0.25, 0.3) is 11.0 Å². The van der Waals surface area contributed by atoms with Gasteiger partial charge in [0.2, 0.25) is 0 Å². The molecule has 0 spiro atoms. The molecule has 4 nitrogen and oxygen atoms in total. The number of ether oxygens (including phenoxy) is 1. The molecule has 0 saturated carbocycles. The molecule has 0 saturated heterocycles. The number of rotatable bonds is 3. The normalized spacial score (nSPS) is 10.6. The summed E-state index contributed by atoms with van der Waals surface area (Å²) in [4.78, 5) is 22.0. The van der Waals surface area contributed by atoms with E-state index >= 15 is 0 Å². The molecule has 22 heavy (non-hydrogen) atoms. The molecule has 3 aromatic rings. The zero-order valence-electron chi connectivity index (χ0n) is 12.2. The summed E-state index contributed by atoms with van der Waals surface area (Å²) in [6, 6.07) is 15.4. The molecule has 0 aliphatic rings. The SMILES string of the molecule is COC(=O)c1nc2ccccc2nc1Sc1ccccc1C. The topological polar surface area (TPSA) is 52.1 Å². The van der Waals surface area contributed by atoms with Crippen molar-refractivity contribution in [2.45, 2.75) is 16.8 Å². The smallest absolute Gasteiger partial charge is 0.359 e. The van der Waals surface area contributed by atoms with E-state index < -0.39 is 5.97 Å². The number of benzene rings is 2. The number of aryl methyl sites for hydroxylation is 1. The number of aromatic nitrogens is 2. The Hall–Kier alpha value is -2.40. The van der Waals surface area contributed by atoms with E-state index in [1.165, 1.54) is 18.9 Å². The minimum atomic E-state index is -0.477. The van der Waals surface area contributed by atoms with Crippen LogP contribution in [-0.4, -0.2) is 23.0 Å². The fourth-order valence-corrected chi connectivity index (χ4v) is 3.01. The number of fused-ring (bicyclic) bond motifs is 1. The van der Waals surface area contributed by atoms with E-state index in [4.69, 9.17) is 4.74 Å². The summed E-state index contributed by atoms with van der Waals surface area (Å²) in [5.74, 6) is -0.477. The van der Waals surface area contributed by atoms with Crippen molar-refractivity contribution >= 4 is 28.8 Å². The van der Waals surface area contributed by atoms with Crippen molar-refractivity contribution in [2.75, 3.05) is 7.11 Å². The molecule has 0 amide bonds. The van der Waals surface area contributed by atoms with Crippen LogP contribution in [0.15, 0.2) is 58.5 Å². The van der Waals surface area contributed by atoms with Gasteiger partial charge in [0.05, 0.1) is 18.1 Å². The molecule has 0 atom stereocenters. The molecule has 1 heterocycles. The highest BCUT2D eigenvalue weighted by atomic mass is 32.2. The molecular weight excluding hydrogens is 296 g/mol. The van der Waals surface area contributed by atoms with Crippen LogP contribution < -0.4 is 0 Å². The van der Waals surface area contributed by atoms with E-state index in [2.05, 4.69) is 9.97 Å². The first-order valence-corrected chi connectivity index (χ1v) is 7.59. The van der Waals surface area contributed by atoms with Crippen LogP contribution in [0.2, 0.25) is 0 Å². The van der Waals surface area contributed by atoms with Crippen LogP contribution >= 0.6 is 11.8 Å². The summed E-state index contributed by atoms with van der Waals surface area (Å²) >= 11 is 1.42. The van der Waals surface area contributed by atoms with Gasteiger partial charge in [-0.1, -0.05) is 42.1 Å². The molecule has 0 N–H and O–H groups in total. The summed E-state index contributed by atoms with van der Waals surface area (Å²) in [5, 5.41) is 0.555. The fraction of sp³-hybridized carbons (Fsp3) is 0.118. The average Bonchev–Trinajstić information content (AvgIpc) is 2.55. The monoisotopic (exact) mass is 310 g/mol. The fourth-order valence-electron chi connectivity index (χ4n) is 2.06. The Kier molecular flexibility index (Phi) is 4.06. The lowest BCUT2D eigenvalue weighted by Gasteiger charge is -2.09. The Morgan fingerprint density at radius 3 is 2.32 bits per heavy atom. The number of carbonyl (C=O) groups is 1. The van der Waals surface area contributed by atoms with Crippen LogP contribution in [0, 0.1) is 6.92 Å². The number of hydrogen-bond donors (Lipinski definition) is 0.